The molecule has 0 aromatic heterocycles. The van der Waals surface area contributed by atoms with Crippen molar-refractivity contribution in [3.63, 3.8) is 0 Å². The van der Waals surface area contributed by atoms with E-state index in [-0.39, 0.29) is 30.5 Å². The lowest BCUT2D eigenvalue weighted by Gasteiger charge is -2.18. The van der Waals surface area contributed by atoms with Gasteiger partial charge in [-0.15, -0.1) is 0 Å². The van der Waals surface area contributed by atoms with E-state index < -0.39 is 0 Å². The van der Waals surface area contributed by atoms with Crippen LogP contribution in [0.15, 0.2) is 0 Å². The highest BCUT2D eigenvalue weighted by Crippen LogP contribution is 2.30. The van der Waals surface area contributed by atoms with Crippen LogP contribution in [0.1, 0.15) is 13.8 Å². The molecular weight excluding hydrogens is 184 g/mol. The first-order valence-electron chi connectivity index (χ1n) is 5.14. The maximum atomic E-state index is 5.71. The third-order valence-corrected chi connectivity index (χ3v) is 2.71. The zero-order chi connectivity index (χ0) is 10.1. The van der Waals surface area contributed by atoms with Gasteiger partial charge >= 0.3 is 0 Å². The Morgan fingerprint density at radius 3 is 2.21 bits per heavy atom. The van der Waals surface area contributed by atoms with Crippen LogP contribution in [0.2, 0.25) is 0 Å². The van der Waals surface area contributed by atoms with E-state index >= 15 is 0 Å². The van der Waals surface area contributed by atoms with E-state index in [1.54, 1.807) is 7.11 Å². The van der Waals surface area contributed by atoms with Crippen LogP contribution in [-0.2, 0) is 18.9 Å². The molecule has 82 valence electrons. The van der Waals surface area contributed by atoms with Gasteiger partial charge in [0.25, 0.3) is 0 Å². The first-order valence-corrected chi connectivity index (χ1v) is 5.14. The molecule has 0 radical (unpaired) electrons. The number of ether oxygens (including phenoxy) is 4. The molecule has 0 amide bonds. The van der Waals surface area contributed by atoms with Crippen molar-refractivity contribution in [2.24, 2.45) is 0 Å². The molecule has 2 saturated heterocycles. The lowest BCUT2D eigenvalue weighted by atomic mass is 10.1. The Labute approximate surface area is 84.5 Å². The lowest BCUT2D eigenvalue weighted by molar-refractivity contribution is -0.0629. The molecule has 0 bridgehead atoms. The predicted molar refractivity (Wildman–Crippen MR) is 50.3 cm³/mol. The van der Waals surface area contributed by atoms with Crippen LogP contribution in [0.25, 0.3) is 0 Å². The van der Waals surface area contributed by atoms with Gasteiger partial charge in [-0.25, -0.2) is 0 Å². The number of hydrogen-bond acceptors (Lipinski definition) is 4. The summed E-state index contributed by atoms with van der Waals surface area (Å²) in [5, 5.41) is 0. The van der Waals surface area contributed by atoms with E-state index in [2.05, 4.69) is 0 Å². The van der Waals surface area contributed by atoms with Crippen molar-refractivity contribution in [3.8, 4) is 0 Å². The molecule has 4 nitrogen and oxygen atoms in total. The highest BCUT2D eigenvalue weighted by molar-refractivity contribution is 4.95. The molecule has 0 saturated carbocycles. The molecule has 2 heterocycles. The second kappa shape index (κ2) is 4.14. The summed E-state index contributed by atoms with van der Waals surface area (Å²) in [5.41, 5.74) is 0. The van der Waals surface area contributed by atoms with Crippen LogP contribution >= 0.6 is 0 Å². The Bertz CT molecular complexity index is 195. The quantitative estimate of drug-likeness (QED) is 0.671. The van der Waals surface area contributed by atoms with Crippen LogP contribution in [-0.4, -0.2) is 50.8 Å². The fourth-order valence-corrected chi connectivity index (χ4v) is 2.10. The molecule has 14 heavy (non-hydrogen) atoms. The number of rotatable bonds is 3. The van der Waals surface area contributed by atoms with Crippen molar-refractivity contribution in [2.45, 2.75) is 44.4 Å². The van der Waals surface area contributed by atoms with Gasteiger partial charge in [0, 0.05) is 7.11 Å². The van der Waals surface area contributed by atoms with Gasteiger partial charge in [-0.05, 0) is 13.8 Å². The van der Waals surface area contributed by atoms with Gasteiger partial charge in [0.05, 0.1) is 19.3 Å². The van der Waals surface area contributed by atoms with Gasteiger partial charge in [-0.1, -0.05) is 0 Å². The minimum absolute atomic E-state index is 0.0577. The fourth-order valence-electron chi connectivity index (χ4n) is 2.10. The monoisotopic (exact) mass is 202 g/mol. The average Bonchev–Trinajstić information content (AvgIpc) is 2.67. The smallest absolute Gasteiger partial charge is 0.115 e. The Morgan fingerprint density at radius 1 is 1.07 bits per heavy atom. The predicted octanol–water partition coefficient (Wildman–Crippen LogP) is 0.593. The van der Waals surface area contributed by atoms with Gasteiger partial charge in [0.1, 0.15) is 24.4 Å². The second-order valence-corrected chi connectivity index (χ2v) is 4.09. The van der Waals surface area contributed by atoms with E-state index in [1.165, 1.54) is 0 Å². The van der Waals surface area contributed by atoms with Crippen LogP contribution in [0.5, 0.6) is 0 Å². The zero-order valence-corrected chi connectivity index (χ0v) is 8.93. The minimum atomic E-state index is 0.0577. The minimum Gasteiger partial charge on any atom is -0.376 e. The second-order valence-electron chi connectivity index (χ2n) is 4.09. The topological polar surface area (TPSA) is 36.9 Å². The van der Waals surface area contributed by atoms with Gasteiger partial charge in [-0.3, -0.25) is 0 Å². The van der Waals surface area contributed by atoms with E-state index in [0.717, 1.165) is 0 Å². The van der Waals surface area contributed by atoms with Crippen molar-refractivity contribution in [1.29, 1.82) is 0 Å². The Hall–Kier alpha value is -0.160. The summed E-state index contributed by atoms with van der Waals surface area (Å²) in [5.74, 6) is 0. The maximum Gasteiger partial charge on any atom is 0.115 e. The van der Waals surface area contributed by atoms with E-state index in [9.17, 15) is 0 Å². The molecule has 0 spiro atoms. The zero-order valence-electron chi connectivity index (χ0n) is 8.93. The Morgan fingerprint density at radius 2 is 1.64 bits per heavy atom. The van der Waals surface area contributed by atoms with Crippen molar-refractivity contribution >= 4 is 0 Å². The molecule has 0 aromatic carbocycles. The van der Waals surface area contributed by atoms with Gasteiger partial charge in [0.2, 0.25) is 0 Å². The van der Waals surface area contributed by atoms with E-state index in [4.69, 9.17) is 18.9 Å². The third-order valence-electron chi connectivity index (χ3n) is 2.71. The highest BCUT2D eigenvalue weighted by atomic mass is 16.6. The molecule has 2 aliphatic heterocycles. The number of hydrogen-bond donors (Lipinski definition) is 0. The SMILES string of the molecule is CO[C@@H]1COC2C1OC[C@@H]2OC(C)C. The normalized spacial score (nSPS) is 42.0. The first-order chi connectivity index (χ1) is 6.72. The first kappa shape index (κ1) is 10.4. The van der Waals surface area contributed by atoms with Crippen LogP contribution in [0, 0.1) is 0 Å². The fraction of sp³-hybridized carbons (Fsp3) is 1.00. The molecule has 2 unspecified atom stereocenters. The summed E-state index contributed by atoms with van der Waals surface area (Å²) in [6.45, 7) is 5.28. The van der Waals surface area contributed by atoms with Crippen molar-refractivity contribution in [1.82, 2.24) is 0 Å². The standard InChI is InChI=1S/C10H18O4/c1-6(2)14-8-5-13-9-7(11-3)4-12-10(8)9/h6-10H,4-5H2,1-3H3/t7-,8+,9?,10?/m1/s1. The van der Waals surface area contributed by atoms with E-state index in [0.29, 0.717) is 13.2 Å². The van der Waals surface area contributed by atoms with Crippen LogP contribution in [0.4, 0.5) is 0 Å². The molecule has 4 heteroatoms. The van der Waals surface area contributed by atoms with Crippen LogP contribution in [0.3, 0.4) is 0 Å². The van der Waals surface area contributed by atoms with Crippen molar-refractivity contribution < 1.29 is 18.9 Å². The summed E-state index contributed by atoms with van der Waals surface area (Å²) < 4.78 is 22.2. The molecule has 0 aromatic rings. The molecule has 2 rings (SSSR count). The molecular formula is C10H18O4. The van der Waals surface area contributed by atoms with Gasteiger partial charge in [0.15, 0.2) is 0 Å². The van der Waals surface area contributed by atoms with Crippen LogP contribution < -0.4 is 0 Å². The molecule has 4 atom stereocenters. The molecule has 2 fully saturated rings. The molecule has 0 aliphatic carbocycles. The number of methoxy groups -OCH3 is 1. The Kier molecular flexibility index (Phi) is 3.07. The third kappa shape index (κ3) is 1.80. The highest BCUT2D eigenvalue weighted by Gasteiger charge is 2.48. The summed E-state index contributed by atoms with van der Waals surface area (Å²) in [7, 11) is 1.69. The maximum absolute atomic E-state index is 5.71. The van der Waals surface area contributed by atoms with Gasteiger partial charge in [-0.2, -0.15) is 0 Å². The van der Waals surface area contributed by atoms with Crippen molar-refractivity contribution in [2.75, 3.05) is 20.3 Å². The molecule has 2 aliphatic rings. The summed E-state index contributed by atoms with van der Waals surface area (Å²) in [4.78, 5) is 0. The summed E-state index contributed by atoms with van der Waals surface area (Å²) >= 11 is 0. The van der Waals surface area contributed by atoms with Crippen molar-refractivity contribution in [3.05, 3.63) is 0 Å². The number of fused-ring (bicyclic) bond motifs is 1. The molecule has 0 N–H and O–H groups in total. The summed E-state index contributed by atoms with van der Waals surface area (Å²) in [6, 6.07) is 0. The van der Waals surface area contributed by atoms with Gasteiger partial charge < -0.3 is 18.9 Å². The summed E-state index contributed by atoms with van der Waals surface area (Å²) in [6.07, 6.45) is 0.472. The largest absolute Gasteiger partial charge is 0.376 e. The lowest BCUT2D eigenvalue weighted by Crippen LogP contribution is -2.34. The van der Waals surface area contributed by atoms with E-state index in [1.807, 2.05) is 13.8 Å². The Balaban J connectivity index is 1.94. The average molecular weight is 202 g/mol.